The van der Waals surface area contributed by atoms with Gasteiger partial charge in [0.2, 0.25) is 0 Å². The Kier molecular flexibility index (Phi) is 3.70. The Morgan fingerprint density at radius 1 is 1.42 bits per heavy atom. The minimum atomic E-state index is -0.270. The number of carbonyl (C=O) groups excluding carboxylic acids is 1. The predicted molar refractivity (Wildman–Crippen MR) is 72.3 cm³/mol. The summed E-state index contributed by atoms with van der Waals surface area (Å²) in [6, 6.07) is 3.69. The van der Waals surface area contributed by atoms with E-state index in [2.05, 4.69) is 20.6 Å². The highest BCUT2D eigenvalue weighted by molar-refractivity contribution is 5.95. The van der Waals surface area contributed by atoms with E-state index in [9.17, 15) is 4.79 Å². The fourth-order valence-electron chi connectivity index (χ4n) is 1.53. The van der Waals surface area contributed by atoms with Crippen LogP contribution in [-0.4, -0.2) is 26.4 Å². The lowest BCUT2D eigenvalue weighted by atomic mass is 10.2. The standard InChI is InChI=1S/C13H15N5O/c1-9(2)15-16-13(19)12-8-18(17-10(12)3)11-5-4-6-14-7-11/h4-8H,1-3H3,(H,16,19). The molecule has 2 heterocycles. The van der Waals surface area contributed by atoms with Crippen LogP contribution < -0.4 is 5.43 Å². The lowest BCUT2D eigenvalue weighted by Gasteiger charge is -1.98. The third-order valence-corrected chi connectivity index (χ3v) is 2.44. The first kappa shape index (κ1) is 12.9. The molecule has 0 bridgehead atoms. The molecule has 2 rings (SSSR count). The van der Waals surface area contributed by atoms with E-state index >= 15 is 0 Å². The Balaban J connectivity index is 2.27. The third-order valence-electron chi connectivity index (χ3n) is 2.44. The van der Waals surface area contributed by atoms with Crippen molar-refractivity contribution in [2.45, 2.75) is 20.8 Å². The lowest BCUT2D eigenvalue weighted by molar-refractivity contribution is 0.0954. The number of hydrogen-bond donors (Lipinski definition) is 1. The molecule has 0 aliphatic heterocycles. The molecule has 0 spiro atoms. The maximum atomic E-state index is 11.9. The molecule has 0 atom stereocenters. The average molecular weight is 257 g/mol. The van der Waals surface area contributed by atoms with Crippen molar-refractivity contribution in [3.63, 3.8) is 0 Å². The van der Waals surface area contributed by atoms with Crippen molar-refractivity contribution >= 4 is 11.6 Å². The summed E-state index contributed by atoms with van der Waals surface area (Å²) in [7, 11) is 0. The summed E-state index contributed by atoms with van der Waals surface area (Å²) in [5, 5.41) is 8.19. The quantitative estimate of drug-likeness (QED) is 0.672. The molecular formula is C13H15N5O. The van der Waals surface area contributed by atoms with Gasteiger partial charge in [-0.1, -0.05) is 0 Å². The molecule has 98 valence electrons. The van der Waals surface area contributed by atoms with Crippen LogP contribution in [0.2, 0.25) is 0 Å². The van der Waals surface area contributed by atoms with Crippen molar-refractivity contribution in [1.82, 2.24) is 20.2 Å². The normalized spacial score (nSPS) is 10.1. The molecule has 6 nitrogen and oxygen atoms in total. The molecule has 6 heteroatoms. The molecular weight excluding hydrogens is 242 g/mol. The van der Waals surface area contributed by atoms with Crippen LogP contribution in [-0.2, 0) is 0 Å². The van der Waals surface area contributed by atoms with Crippen LogP contribution in [0.4, 0.5) is 0 Å². The Bertz CT molecular complexity index is 611. The summed E-state index contributed by atoms with van der Waals surface area (Å²) >= 11 is 0. The van der Waals surface area contributed by atoms with E-state index < -0.39 is 0 Å². The van der Waals surface area contributed by atoms with Crippen LogP contribution in [0, 0.1) is 6.92 Å². The molecule has 0 aromatic carbocycles. The van der Waals surface area contributed by atoms with Crippen molar-refractivity contribution in [3.05, 3.63) is 42.0 Å². The van der Waals surface area contributed by atoms with Crippen LogP contribution in [0.15, 0.2) is 35.8 Å². The number of hydrogen-bond acceptors (Lipinski definition) is 4. The van der Waals surface area contributed by atoms with Gasteiger partial charge in [0.05, 0.1) is 23.1 Å². The number of rotatable bonds is 3. The highest BCUT2D eigenvalue weighted by Gasteiger charge is 2.13. The molecule has 0 radical (unpaired) electrons. The maximum Gasteiger partial charge on any atom is 0.274 e. The molecule has 0 aliphatic carbocycles. The van der Waals surface area contributed by atoms with E-state index in [0.717, 1.165) is 11.4 Å². The molecule has 0 fully saturated rings. The molecule has 2 aromatic rings. The van der Waals surface area contributed by atoms with Gasteiger partial charge in [-0.15, -0.1) is 0 Å². The van der Waals surface area contributed by atoms with Gasteiger partial charge in [-0.05, 0) is 32.9 Å². The van der Waals surface area contributed by atoms with Gasteiger partial charge in [-0.3, -0.25) is 9.78 Å². The van der Waals surface area contributed by atoms with Gasteiger partial charge >= 0.3 is 0 Å². The molecule has 1 amide bonds. The van der Waals surface area contributed by atoms with E-state index in [4.69, 9.17) is 0 Å². The summed E-state index contributed by atoms with van der Waals surface area (Å²) in [6.07, 6.45) is 5.04. The summed E-state index contributed by atoms with van der Waals surface area (Å²) < 4.78 is 1.62. The number of hydrazone groups is 1. The van der Waals surface area contributed by atoms with E-state index in [1.165, 1.54) is 0 Å². The molecule has 0 unspecified atom stereocenters. The smallest absolute Gasteiger partial charge is 0.267 e. The van der Waals surface area contributed by atoms with E-state index in [-0.39, 0.29) is 5.91 Å². The monoisotopic (exact) mass is 257 g/mol. The maximum absolute atomic E-state index is 11.9. The van der Waals surface area contributed by atoms with Crippen molar-refractivity contribution in [3.8, 4) is 5.69 Å². The molecule has 19 heavy (non-hydrogen) atoms. The van der Waals surface area contributed by atoms with Crippen molar-refractivity contribution in [2.24, 2.45) is 5.10 Å². The van der Waals surface area contributed by atoms with Crippen LogP contribution in [0.5, 0.6) is 0 Å². The molecule has 0 saturated heterocycles. The van der Waals surface area contributed by atoms with E-state index in [1.54, 1.807) is 30.2 Å². The van der Waals surface area contributed by atoms with Crippen LogP contribution in [0.1, 0.15) is 29.9 Å². The number of carbonyl (C=O) groups is 1. The van der Waals surface area contributed by atoms with Gasteiger partial charge in [0.25, 0.3) is 5.91 Å². The molecule has 0 aliphatic rings. The fourth-order valence-corrected chi connectivity index (χ4v) is 1.53. The van der Waals surface area contributed by atoms with Crippen molar-refractivity contribution < 1.29 is 4.79 Å². The number of nitrogens with zero attached hydrogens (tertiary/aromatic N) is 4. The summed E-state index contributed by atoms with van der Waals surface area (Å²) in [4.78, 5) is 15.9. The van der Waals surface area contributed by atoms with Gasteiger partial charge in [0.1, 0.15) is 0 Å². The number of aromatic nitrogens is 3. The number of pyridine rings is 1. The number of aryl methyl sites for hydroxylation is 1. The molecule has 2 aromatic heterocycles. The number of amides is 1. The predicted octanol–water partition coefficient (Wildman–Crippen LogP) is 1.70. The molecule has 0 saturated carbocycles. The van der Waals surface area contributed by atoms with Gasteiger partial charge in [0.15, 0.2) is 0 Å². The Morgan fingerprint density at radius 2 is 2.21 bits per heavy atom. The van der Waals surface area contributed by atoms with Gasteiger partial charge < -0.3 is 0 Å². The minimum absolute atomic E-state index is 0.270. The highest BCUT2D eigenvalue weighted by atomic mass is 16.2. The zero-order chi connectivity index (χ0) is 13.8. The van der Waals surface area contributed by atoms with Gasteiger partial charge in [-0.25, -0.2) is 10.1 Å². The second-order valence-electron chi connectivity index (χ2n) is 4.28. The SMILES string of the molecule is CC(C)=NNC(=O)c1cn(-c2cccnc2)nc1C. The first-order valence-electron chi connectivity index (χ1n) is 5.86. The van der Waals surface area contributed by atoms with Gasteiger partial charge in [0, 0.05) is 18.1 Å². The zero-order valence-electron chi connectivity index (χ0n) is 11.1. The second kappa shape index (κ2) is 5.43. The Morgan fingerprint density at radius 3 is 2.84 bits per heavy atom. The molecule has 1 N–H and O–H groups in total. The van der Waals surface area contributed by atoms with Crippen molar-refractivity contribution in [2.75, 3.05) is 0 Å². The van der Waals surface area contributed by atoms with Gasteiger partial charge in [-0.2, -0.15) is 10.2 Å². The zero-order valence-corrected chi connectivity index (χ0v) is 11.1. The van der Waals surface area contributed by atoms with Crippen molar-refractivity contribution in [1.29, 1.82) is 0 Å². The first-order chi connectivity index (χ1) is 9.08. The third kappa shape index (κ3) is 3.04. The first-order valence-corrected chi connectivity index (χ1v) is 5.86. The topological polar surface area (TPSA) is 72.2 Å². The average Bonchev–Trinajstić information content (AvgIpc) is 2.79. The highest BCUT2D eigenvalue weighted by Crippen LogP contribution is 2.10. The van der Waals surface area contributed by atoms with Crippen LogP contribution in [0.3, 0.4) is 0 Å². The summed E-state index contributed by atoms with van der Waals surface area (Å²) in [6.45, 7) is 5.41. The van der Waals surface area contributed by atoms with E-state index in [0.29, 0.717) is 11.3 Å². The minimum Gasteiger partial charge on any atom is -0.267 e. The van der Waals surface area contributed by atoms with E-state index in [1.807, 2.05) is 26.0 Å². The number of nitrogens with one attached hydrogen (secondary N) is 1. The second-order valence-corrected chi connectivity index (χ2v) is 4.28. The summed E-state index contributed by atoms with van der Waals surface area (Å²) in [5.74, 6) is -0.270. The van der Waals surface area contributed by atoms with Crippen LogP contribution in [0.25, 0.3) is 5.69 Å². The fraction of sp³-hybridized carbons (Fsp3) is 0.231. The summed E-state index contributed by atoms with van der Waals surface area (Å²) in [5.41, 5.74) is 5.21. The van der Waals surface area contributed by atoms with Crippen LogP contribution >= 0.6 is 0 Å². The Labute approximate surface area is 111 Å². The lowest BCUT2D eigenvalue weighted by Crippen LogP contribution is -2.18. The largest absolute Gasteiger partial charge is 0.274 e. The Hall–Kier alpha value is -2.50.